The Balaban J connectivity index is 1.71. The van der Waals surface area contributed by atoms with Crippen LogP contribution in [0.2, 0.25) is 10.6 Å². The summed E-state index contributed by atoms with van der Waals surface area (Å²) in [6.45, 7) is 1.72. The van der Waals surface area contributed by atoms with E-state index in [1.54, 1.807) is 37.3 Å². The van der Waals surface area contributed by atoms with Crippen molar-refractivity contribution in [2.75, 3.05) is 5.32 Å². The van der Waals surface area contributed by atoms with Crippen LogP contribution in [0.1, 0.15) is 5.56 Å². The number of fused-ring (bicyclic) bond motifs is 1. The molecule has 0 radical (unpaired) electrons. The zero-order valence-electron chi connectivity index (χ0n) is 16.7. The summed E-state index contributed by atoms with van der Waals surface area (Å²) in [4.78, 5) is 11.2. The Bertz CT molecular complexity index is 1510. The van der Waals surface area contributed by atoms with E-state index in [-0.39, 0.29) is 38.5 Å². The minimum atomic E-state index is -4.48. The highest BCUT2D eigenvalue weighted by Crippen LogP contribution is 2.40. The maximum atomic E-state index is 11.5. The molecule has 0 amide bonds. The van der Waals surface area contributed by atoms with Crippen molar-refractivity contribution in [3.05, 3.63) is 64.7 Å². The van der Waals surface area contributed by atoms with Gasteiger partial charge in [0.15, 0.2) is 5.75 Å². The molecule has 0 saturated heterocycles. The highest BCUT2D eigenvalue weighted by atomic mass is 35.5. The predicted molar refractivity (Wildman–Crippen MR) is 124 cm³/mol. The number of benzene rings is 3. The lowest BCUT2D eigenvalue weighted by molar-refractivity contribution is 0.482. The molecule has 168 valence electrons. The summed E-state index contributed by atoms with van der Waals surface area (Å²) in [6, 6.07) is 12.5. The zero-order valence-corrected chi connectivity index (χ0v) is 19.1. The molecular weight excluding hydrogens is 491 g/mol. The molecule has 33 heavy (non-hydrogen) atoms. The van der Waals surface area contributed by atoms with Crippen LogP contribution in [-0.2, 0) is 10.1 Å². The molecule has 0 saturated carbocycles. The summed E-state index contributed by atoms with van der Waals surface area (Å²) in [5.41, 5.74) is 1.28. The van der Waals surface area contributed by atoms with E-state index in [1.165, 1.54) is 18.2 Å². The first-order valence-corrected chi connectivity index (χ1v) is 11.4. The summed E-state index contributed by atoms with van der Waals surface area (Å²) in [6.07, 6.45) is 0. The Labute approximate surface area is 197 Å². The fraction of sp³-hybridized carbons (Fsp3) is 0.0500. The number of hydrogen-bond donors (Lipinski definition) is 3. The summed E-state index contributed by atoms with van der Waals surface area (Å²) in [5.74, 6) is 0.0131. The monoisotopic (exact) mass is 504 g/mol. The van der Waals surface area contributed by atoms with Crippen molar-refractivity contribution in [3.63, 3.8) is 0 Å². The van der Waals surface area contributed by atoms with Crippen LogP contribution in [0, 0.1) is 6.92 Å². The van der Waals surface area contributed by atoms with Crippen molar-refractivity contribution in [1.82, 2.24) is 15.0 Å². The summed E-state index contributed by atoms with van der Waals surface area (Å²) in [5, 5.41) is 22.8. The Morgan fingerprint density at radius 3 is 2.36 bits per heavy atom. The topological polar surface area (TPSA) is 150 Å². The van der Waals surface area contributed by atoms with Gasteiger partial charge >= 0.3 is 0 Å². The second kappa shape index (κ2) is 8.87. The molecule has 0 unspecified atom stereocenters. The maximum Gasteiger partial charge on any atom is 0.296 e. The van der Waals surface area contributed by atoms with Gasteiger partial charge < -0.3 is 10.4 Å². The second-order valence-corrected chi connectivity index (χ2v) is 8.86. The van der Waals surface area contributed by atoms with E-state index in [0.29, 0.717) is 22.0 Å². The van der Waals surface area contributed by atoms with E-state index in [9.17, 15) is 18.1 Å². The van der Waals surface area contributed by atoms with Crippen molar-refractivity contribution in [2.24, 2.45) is 10.2 Å². The van der Waals surface area contributed by atoms with Gasteiger partial charge in [-0.05, 0) is 77.5 Å². The molecule has 0 bridgehead atoms. The molecule has 13 heteroatoms. The van der Waals surface area contributed by atoms with Crippen molar-refractivity contribution in [2.45, 2.75) is 11.8 Å². The van der Waals surface area contributed by atoms with E-state index in [1.807, 2.05) is 0 Å². The first-order valence-electron chi connectivity index (χ1n) is 9.20. The van der Waals surface area contributed by atoms with Gasteiger partial charge in [0.2, 0.25) is 16.5 Å². The van der Waals surface area contributed by atoms with Crippen LogP contribution in [-0.4, -0.2) is 33.0 Å². The second-order valence-electron chi connectivity index (χ2n) is 6.79. The molecule has 0 spiro atoms. The average Bonchev–Trinajstić information content (AvgIpc) is 2.72. The van der Waals surface area contributed by atoms with Crippen LogP contribution in [0.3, 0.4) is 0 Å². The quantitative estimate of drug-likeness (QED) is 0.229. The lowest BCUT2D eigenvalue weighted by Crippen LogP contribution is -1.99. The lowest BCUT2D eigenvalue weighted by atomic mass is 10.0. The molecular formula is C20H14Cl2N6O4S. The molecule has 0 fully saturated rings. The van der Waals surface area contributed by atoms with Gasteiger partial charge in [-0.15, -0.1) is 10.2 Å². The van der Waals surface area contributed by atoms with Gasteiger partial charge in [-0.25, -0.2) is 0 Å². The largest absolute Gasteiger partial charge is 0.505 e. The third-order valence-corrected chi connectivity index (χ3v) is 5.75. The predicted octanol–water partition coefficient (Wildman–Crippen LogP) is 5.75. The Morgan fingerprint density at radius 1 is 0.970 bits per heavy atom. The minimum Gasteiger partial charge on any atom is -0.505 e. The van der Waals surface area contributed by atoms with Crippen molar-refractivity contribution < 1.29 is 18.1 Å². The van der Waals surface area contributed by atoms with E-state index >= 15 is 0 Å². The summed E-state index contributed by atoms with van der Waals surface area (Å²) < 4.78 is 32.5. The Kier molecular flexibility index (Phi) is 6.13. The average molecular weight is 505 g/mol. The van der Waals surface area contributed by atoms with E-state index in [0.717, 1.165) is 0 Å². The molecule has 0 aliphatic heterocycles. The van der Waals surface area contributed by atoms with Gasteiger partial charge in [0.1, 0.15) is 16.3 Å². The lowest BCUT2D eigenvalue weighted by Gasteiger charge is -2.10. The van der Waals surface area contributed by atoms with Crippen molar-refractivity contribution >= 4 is 67.1 Å². The van der Waals surface area contributed by atoms with E-state index < -0.39 is 10.1 Å². The molecule has 3 N–H and O–H groups in total. The molecule has 4 rings (SSSR count). The number of nitrogens with one attached hydrogen (secondary N) is 1. The summed E-state index contributed by atoms with van der Waals surface area (Å²) >= 11 is 11.6. The molecule has 0 aliphatic carbocycles. The van der Waals surface area contributed by atoms with Crippen molar-refractivity contribution in [3.8, 4) is 5.75 Å². The normalized spacial score (nSPS) is 11.9. The molecule has 0 atom stereocenters. The third kappa shape index (κ3) is 5.01. The van der Waals surface area contributed by atoms with Crippen LogP contribution in [0.25, 0.3) is 10.8 Å². The van der Waals surface area contributed by atoms with Crippen molar-refractivity contribution in [1.29, 1.82) is 0 Å². The number of nitrogens with zero attached hydrogens (tertiary/aromatic N) is 5. The van der Waals surface area contributed by atoms with Crippen LogP contribution in [0.4, 0.5) is 23.0 Å². The van der Waals surface area contributed by atoms with Crippen LogP contribution in [0.5, 0.6) is 5.75 Å². The Hall–Kier alpha value is -3.38. The third-order valence-electron chi connectivity index (χ3n) is 4.51. The number of aromatic nitrogens is 3. The first-order chi connectivity index (χ1) is 15.6. The van der Waals surface area contributed by atoms with Gasteiger partial charge in [0.05, 0.1) is 0 Å². The van der Waals surface area contributed by atoms with Gasteiger partial charge in [-0.3, -0.25) is 4.55 Å². The smallest absolute Gasteiger partial charge is 0.296 e. The summed E-state index contributed by atoms with van der Waals surface area (Å²) in [7, 11) is -4.48. The zero-order chi connectivity index (χ0) is 23.8. The van der Waals surface area contributed by atoms with Gasteiger partial charge in [0, 0.05) is 11.1 Å². The fourth-order valence-corrected chi connectivity index (χ4v) is 4.08. The number of anilines is 2. The maximum absolute atomic E-state index is 11.5. The standard InChI is InChI=1S/C20H14Cl2N6O4S/c1-10-8-11-9-12(23-20-25-18(21)24-19(22)26-20)6-7-13(11)17(29)16(10)28-27-14-4-2-3-5-15(14)33(30,31)32/h2-9,29H,1H3,(H,30,31,32)(H,23,24,25,26). The molecule has 3 aromatic carbocycles. The van der Waals surface area contributed by atoms with Gasteiger partial charge in [-0.2, -0.15) is 23.4 Å². The number of halogens is 2. The van der Waals surface area contributed by atoms with Crippen LogP contribution >= 0.6 is 23.2 Å². The number of phenols is 1. The molecule has 10 nitrogen and oxygen atoms in total. The fourth-order valence-electron chi connectivity index (χ4n) is 3.09. The number of aromatic hydroxyl groups is 1. The highest BCUT2D eigenvalue weighted by Gasteiger charge is 2.16. The number of hydrogen-bond acceptors (Lipinski definition) is 9. The molecule has 0 aliphatic rings. The number of phenolic OH excluding ortho intramolecular Hbond substituents is 1. The Morgan fingerprint density at radius 2 is 1.67 bits per heavy atom. The SMILES string of the molecule is Cc1cc2cc(Nc3nc(Cl)nc(Cl)n3)ccc2c(O)c1N=Nc1ccccc1S(=O)(=O)O. The molecule has 1 heterocycles. The van der Waals surface area contributed by atoms with Crippen LogP contribution in [0.15, 0.2) is 63.7 Å². The minimum absolute atomic E-state index is 0.0580. The molecule has 4 aromatic rings. The number of aryl methyl sites for hydroxylation is 1. The van der Waals surface area contributed by atoms with E-state index in [2.05, 4.69) is 30.5 Å². The van der Waals surface area contributed by atoms with Crippen LogP contribution < -0.4 is 5.32 Å². The molecule has 1 aromatic heterocycles. The first kappa shape index (κ1) is 22.8. The van der Waals surface area contributed by atoms with Gasteiger partial charge in [0.25, 0.3) is 10.1 Å². The van der Waals surface area contributed by atoms with E-state index in [4.69, 9.17) is 23.2 Å². The number of azo groups is 1. The number of rotatable bonds is 5. The van der Waals surface area contributed by atoms with Gasteiger partial charge in [-0.1, -0.05) is 12.1 Å². The highest BCUT2D eigenvalue weighted by molar-refractivity contribution is 7.86.